The van der Waals surface area contributed by atoms with E-state index in [1.807, 2.05) is 22.8 Å². The van der Waals surface area contributed by atoms with Crippen LogP contribution in [-0.2, 0) is 6.54 Å². The highest BCUT2D eigenvalue weighted by molar-refractivity contribution is 5.96. The van der Waals surface area contributed by atoms with E-state index in [1.165, 1.54) is 0 Å². The van der Waals surface area contributed by atoms with Crippen molar-refractivity contribution in [2.75, 3.05) is 13.1 Å². The molecule has 4 heterocycles. The first-order valence-corrected chi connectivity index (χ1v) is 7.64. The third kappa shape index (κ3) is 2.48. The van der Waals surface area contributed by atoms with Crippen LogP contribution in [0.1, 0.15) is 16.1 Å². The van der Waals surface area contributed by atoms with Crippen molar-refractivity contribution in [1.82, 2.24) is 24.4 Å². The highest BCUT2D eigenvalue weighted by Crippen LogP contribution is 2.20. The zero-order valence-electron chi connectivity index (χ0n) is 12.8. The van der Waals surface area contributed by atoms with Crippen molar-refractivity contribution in [3.05, 3.63) is 54.2 Å². The fourth-order valence-corrected chi connectivity index (χ4v) is 2.76. The molecule has 0 aliphatic carbocycles. The lowest BCUT2D eigenvalue weighted by Gasteiger charge is -2.35. The minimum absolute atomic E-state index is 0.0526. The van der Waals surface area contributed by atoms with Crippen molar-refractivity contribution in [2.24, 2.45) is 5.92 Å². The third-order valence-corrected chi connectivity index (χ3v) is 4.11. The Hall–Kier alpha value is -3.27. The fourth-order valence-electron chi connectivity index (χ4n) is 2.76. The first-order chi connectivity index (χ1) is 11.7. The monoisotopic (exact) mass is 318 g/mol. The standard InChI is InChI=1S/C17H14N6O/c18-6-12-8-22(9-12)17(24)13-5-15-16(20-7-13)23(11-21-15)10-14-3-1-2-4-19-14/h1-5,7,11-12H,8-10H2. The maximum absolute atomic E-state index is 12.4. The van der Waals surface area contributed by atoms with Gasteiger partial charge in [-0.2, -0.15) is 5.26 Å². The van der Waals surface area contributed by atoms with Crippen molar-refractivity contribution >= 4 is 17.1 Å². The van der Waals surface area contributed by atoms with E-state index in [2.05, 4.69) is 21.0 Å². The molecule has 0 radical (unpaired) electrons. The number of imidazole rings is 1. The summed E-state index contributed by atoms with van der Waals surface area (Å²) in [5, 5.41) is 8.80. The summed E-state index contributed by atoms with van der Waals surface area (Å²) < 4.78 is 1.90. The van der Waals surface area contributed by atoms with Gasteiger partial charge in [-0.25, -0.2) is 9.97 Å². The molecule has 3 aromatic rings. The minimum atomic E-state index is -0.102. The summed E-state index contributed by atoms with van der Waals surface area (Å²) in [6, 6.07) is 9.67. The molecule has 4 rings (SSSR count). The number of carbonyl (C=O) groups is 1. The number of likely N-dealkylation sites (tertiary alicyclic amines) is 1. The van der Waals surface area contributed by atoms with Crippen molar-refractivity contribution in [2.45, 2.75) is 6.54 Å². The Bertz CT molecular complexity index is 937. The van der Waals surface area contributed by atoms with Gasteiger partial charge in [0.25, 0.3) is 5.91 Å². The summed E-state index contributed by atoms with van der Waals surface area (Å²) in [6.45, 7) is 1.55. The molecule has 1 saturated heterocycles. The fraction of sp³-hybridized carbons (Fsp3) is 0.235. The molecule has 0 atom stereocenters. The number of fused-ring (bicyclic) bond motifs is 1. The average Bonchev–Trinajstić information content (AvgIpc) is 2.97. The van der Waals surface area contributed by atoms with E-state index in [0.717, 1.165) is 11.3 Å². The first kappa shape index (κ1) is 14.3. The predicted octanol–water partition coefficient (Wildman–Crippen LogP) is 1.47. The van der Waals surface area contributed by atoms with Crippen molar-refractivity contribution in [3.63, 3.8) is 0 Å². The van der Waals surface area contributed by atoms with Gasteiger partial charge in [0.05, 0.1) is 36.1 Å². The molecule has 0 bridgehead atoms. The number of amides is 1. The largest absolute Gasteiger partial charge is 0.336 e. The number of aromatic nitrogens is 4. The van der Waals surface area contributed by atoms with Gasteiger partial charge < -0.3 is 9.47 Å². The molecule has 0 saturated carbocycles. The maximum atomic E-state index is 12.4. The second-order valence-electron chi connectivity index (χ2n) is 5.80. The molecular formula is C17H14N6O. The second kappa shape index (κ2) is 5.74. The average molecular weight is 318 g/mol. The van der Waals surface area contributed by atoms with Crippen LogP contribution >= 0.6 is 0 Å². The number of carbonyl (C=O) groups excluding carboxylic acids is 1. The smallest absolute Gasteiger partial charge is 0.255 e. The first-order valence-electron chi connectivity index (χ1n) is 7.64. The van der Waals surface area contributed by atoms with E-state index in [9.17, 15) is 4.79 Å². The Morgan fingerprint density at radius 1 is 1.29 bits per heavy atom. The molecule has 118 valence electrons. The van der Waals surface area contributed by atoms with Crippen molar-refractivity contribution in [1.29, 1.82) is 5.26 Å². The van der Waals surface area contributed by atoms with Crippen LogP contribution < -0.4 is 0 Å². The molecule has 1 amide bonds. The predicted molar refractivity (Wildman–Crippen MR) is 85.9 cm³/mol. The number of nitriles is 1. The molecule has 7 nitrogen and oxygen atoms in total. The van der Waals surface area contributed by atoms with Crippen LogP contribution in [0.15, 0.2) is 43.0 Å². The van der Waals surface area contributed by atoms with Gasteiger partial charge in [-0.3, -0.25) is 9.78 Å². The van der Waals surface area contributed by atoms with Gasteiger partial charge >= 0.3 is 0 Å². The van der Waals surface area contributed by atoms with E-state index in [-0.39, 0.29) is 11.8 Å². The summed E-state index contributed by atoms with van der Waals surface area (Å²) in [6.07, 6.45) is 5.02. The second-order valence-corrected chi connectivity index (χ2v) is 5.80. The van der Waals surface area contributed by atoms with Crippen LogP contribution in [0.4, 0.5) is 0 Å². The summed E-state index contributed by atoms with van der Waals surface area (Å²) in [4.78, 5) is 27.1. The lowest BCUT2D eigenvalue weighted by atomic mass is 10.0. The van der Waals surface area contributed by atoms with E-state index < -0.39 is 0 Å². The number of pyridine rings is 2. The number of hydrogen-bond acceptors (Lipinski definition) is 5. The van der Waals surface area contributed by atoms with Gasteiger partial charge in [-0.15, -0.1) is 0 Å². The van der Waals surface area contributed by atoms with Gasteiger partial charge in [0.2, 0.25) is 0 Å². The maximum Gasteiger partial charge on any atom is 0.255 e. The van der Waals surface area contributed by atoms with Crippen LogP contribution in [0.5, 0.6) is 0 Å². The number of nitrogens with zero attached hydrogens (tertiary/aromatic N) is 6. The van der Waals surface area contributed by atoms with Crippen LogP contribution in [0.3, 0.4) is 0 Å². The van der Waals surface area contributed by atoms with Crippen LogP contribution in [-0.4, -0.2) is 43.4 Å². The normalized spacial score (nSPS) is 14.4. The van der Waals surface area contributed by atoms with Crippen LogP contribution in [0, 0.1) is 17.2 Å². The highest BCUT2D eigenvalue weighted by Gasteiger charge is 2.31. The van der Waals surface area contributed by atoms with E-state index in [4.69, 9.17) is 5.26 Å². The number of rotatable bonds is 3. The summed E-state index contributed by atoms with van der Waals surface area (Å²) in [7, 11) is 0. The lowest BCUT2D eigenvalue weighted by Crippen LogP contribution is -2.49. The summed E-state index contributed by atoms with van der Waals surface area (Å²) in [5.41, 5.74) is 2.81. The van der Waals surface area contributed by atoms with Gasteiger partial charge in [0.1, 0.15) is 5.52 Å². The van der Waals surface area contributed by atoms with Crippen LogP contribution in [0.25, 0.3) is 11.2 Å². The molecule has 0 N–H and O–H groups in total. The molecule has 0 spiro atoms. The zero-order valence-corrected chi connectivity index (χ0v) is 12.8. The molecule has 1 aliphatic rings. The molecule has 1 fully saturated rings. The van der Waals surface area contributed by atoms with Crippen molar-refractivity contribution < 1.29 is 4.79 Å². The molecular weight excluding hydrogens is 304 g/mol. The Kier molecular flexibility index (Phi) is 3.43. The molecule has 1 aliphatic heterocycles. The van der Waals surface area contributed by atoms with E-state index in [1.54, 1.807) is 29.7 Å². The Balaban J connectivity index is 1.57. The third-order valence-electron chi connectivity index (χ3n) is 4.11. The molecule has 0 unspecified atom stereocenters. The Morgan fingerprint density at radius 3 is 2.92 bits per heavy atom. The lowest BCUT2D eigenvalue weighted by molar-refractivity contribution is 0.0577. The van der Waals surface area contributed by atoms with Gasteiger partial charge in [0, 0.05) is 25.5 Å². The Morgan fingerprint density at radius 2 is 2.17 bits per heavy atom. The molecule has 24 heavy (non-hydrogen) atoms. The highest BCUT2D eigenvalue weighted by atomic mass is 16.2. The molecule has 7 heteroatoms. The van der Waals surface area contributed by atoms with Gasteiger partial charge in [-0.1, -0.05) is 6.07 Å². The Labute approximate surface area is 138 Å². The number of hydrogen-bond donors (Lipinski definition) is 0. The van der Waals surface area contributed by atoms with E-state index in [0.29, 0.717) is 30.7 Å². The SMILES string of the molecule is N#CC1CN(C(=O)c2cnc3c(c2)ncn3Cc2ccccn2)C1. The van der Waals surface area contributed by atoms with Gasteiger partial charge in [0.15, 0.2) is 5.65 Å². The zero-order chi connectivity index (χ0) is 16.5. The summed E-state index contributed by atoms with van der Waals surface area (Å²) >= 11 is 0. The van der Waals surface area contributed by atoms with Crippen LogP contribution in [0.2, 0.25) is 0 Å². The summed E-state index contributed by atoms with van der Waals surface area (Å²) in [5.74, 6) is -0.154. The van der Waals surface area contributed by atoms with E-state index >= 15 is 0 Å². The molecule has 3 aromatic heterocycles. The minimum Gasteiger partial charge on any atom is -0.336 e. The van der Waals surface area contributed by atoms with Crippen molar-refractivity contribution in [3.8, 4) is 6.07 Å². The van der Waals surface area contributed by atoms with Gasteiger partial charge in [-0.05, 0) is 18.2 Å². The molecule has 0 aromatic carbocycles. The topological polar surface area (TPSA) is 87.7 Å². The quantitative estimate of drug-likeness (QED) is 0.730.